The van der Waals surface area contributed by atoms with Crippen LogP contribution in [0.3, 0.4) is 0 Å². The first-order chi connectivity index (χ1) is 12.4. The van der Waals surface area contributed by atoms with Gasteiger partial charge in [0.15, 0.2) is 5.78 Å². The van der Waals surface area contributed by atoms with E-state index in [0.29, 0.717) is 14.8 Å². The highest BCUT2D eigenvalue weighted by Gasteiger charge is 2.33. The molecular weight excluding hydrogens is 434 g/mol. The van der Waals surface area contributed by atoms with E-state index in [-0.39, 0.29) is 30.4 Å². The fourth-order valence-electron chi connectivity index (χ4n) is 2.51. The van der Waals surface area contributed by atoms with Crippen LogP contribution in [0.4, 0.5) is 0 Å². The number of amides is 1. The molecule has 1 fully saturated rings. The van der Waals surface area contributed by atoms with E-state index in [0.717, 1.165) is 10.0 Å². The van der Waals surface area contributed by atoms with Gasteiger partial charge in [-0.1, -0.05) is 64.2 Å². The number of ketones is 1. The Kier molecular flexibility index (Phi) is 5.90. The second-order valence-electron chi connectivity index (χ2n) is 5.71. The number of rotatable bonds is 5. The van der Waals surface area contributed by atoms with Gasteiger partial charge in [-0.2, -0.15) is 0 Å². The quantitative estimate of drug-likeness (QED) is 0.550. The molecule has 0 radical (unpaired) electrons. The number of halogens is 1. The van der Waals surface area contributed by atoms with Gasteiger partial charge in [0, 0.05) is 10.9 Å². The Morgan fingerprint density at radius 1 is 1.23 bits per heavy atom. The third-order valence-electron chi connectivity index (χ3n) is 3.67. The molecule has 1 amide bonds. The smallest absolute Gasteiger partial charge is 0.266 e. The molecule has 4 nitrogen and oxygen atoms in total. The highest BCUT2D eigenvalue weighted by atomic mass is 79.9. The zero-order chi connectivity index (χ0) is 18.7. The number of carbonyl (C=O) groups is 2. The summed E-state index contributed by atoms with van der Waals surface area (Å²) in [5.74, 6) is -0.294. The lowest BCUT2D eigenvalue weighted by Gasteiger charge is -2.13. The van der Waals surface area contributed by atoms with Crippen molar-refractivity contribution in [2.45, 2.75) is 6.42 Å². The van der Waals surface area contributed by atoms with Crippen LogP contribution in [0.2, 0.25) is 0 Å². The number of aromatic hydroxyl groups is 1. The molecule has 0 bridgehead atoms. The third-order valence-corrected chi connectivity index (χ3v) is 5.54. The maximum Gasteiger partial charge on any atom is 0.266 e. The maximum absolute atomic E-state index is 12.6. The molecule has 1 aliphatic rings. The molecule has 1 N–H and O–H groups in total. The van der Waals surface area contributed by atoms with E-state index in [1.165, 1.54) is 22.7 Å². The van der Waals surface area contributed by atoms with E-state index >= 15 is 0 Å². The Morgan fingerprint density at radius 3 is 2.73 bits per heavy atom. The van der Waals surface area contributed by atoms with Crippen LogP contribution < -0.4 is 0 Å². The fourth-order valence-corrected chi connectivity index (χ4v) is 4.18. The van der Waals surface area contributed by atoms with Crippen LogP contribution in [-0.2, 0) is 16.0 Å². The molecule has 7 heteroatoms. The summed E-state index contributed by atoms with van der Waals surface area (Å²) in [6.07, 6.45) is 1.90. The zero-order valence-electron chi connectivity index (χ0n) is 13.5. The number of phenols is 1. The Labute approximate surface area is 169 Å². The summed E-state index contributed by atoms with van der Waals surface area (Å²) in [7, 11) is 0. The molecule has 1 saturated heterocycles. The number of thioether (sulfide) groups is 1. The van der Waals surface area contributed by atoms with E-state index in [4.69, 9.17) is 12.2 Å². The molecule has 0 aromatic heterocycles. The summed E-state index contributed by atoms with van der Waals surface area (Å²) in [6.45, 7) is -0.0733. The van der Waals surface area contributed by atoms with Crippen molar-refractivity contribution in [3.8, 4) is 5.75 Å². The van der Waals surface area contributed by atoms with Gasteiger partial charge in [0.2, 0.25) is 0 Å². The monoisotopic (exact) mass is 447 g/mol. The summed E-state index contributed by atoms with van der Waals surface area (Å²) in [6, 6.07) is 14.1. The molecule has 0 unspecified atom stereocenters. The second kappa shape index (κ2) is 8.16. The SMILES string of the molecule is O=C(Cc1cccc(O)c1)CN1C(=O)/C(=C/c2cccc(Br)c2)SC1=S. The first-order valence-electron chi connectivity index (χ1n) is 7.73. The van der Waals surface area contributed by atoms with Gasteiger partial charge in [-0.3, -0.25) is 14.5 Å². The third kappa shape index (κ3) is 4.60. The van der Waals surface area contributed by atoms with Crippen LogP contribution in [0.5, 0.6) is 5.75 Å². The zero-order valence-corrected chi connectivity index (χ0v) is 16.7. The number of benzene rings is 2. The molecule has 2 aromatic rings. The summed E-state index contributed by atoms with van der Waals surface area (Å²) in [5.41, 5.74) is 1.58. The molecule has 3 rings (SSSR count). The summed E-state index contributed by atoms with van der Waals surface area (Å²) < 4.78 is 1.29. The number of carbonyl (C=O) groups excluding carboxylic acids is 2. The van der Waals surface area contributed by atoms with Crippen LogP contribution in [0.25, 0.3) is 6.08 Å². The first kappa shape index (κ1) is 18.8. The Balaban J connectivity index is 1.70. The number of thiocarbonyl (C=S) groups is 1. The van der Waals surface area contributed by atoms with E-state index in [1.807, 2.05) is 24.3 Å². The molecule has 0 aliphatic carbocycles. The van der Waals surface area contributed by atoms with Crippen molar-refractivity contribution >= 4 is 62.0 Å². The summed E-state index contributed by atoms with van der Waals surface area (Å²) in [5, 5.41) is 9.48. The fraction of sp³-hybridized carbons (Fsp3) is 0.105. The number of nitrogens with zero attached hydrogens (tertiary/aromatic N) is 1. The van der Waals surface area contributed by atoms with Gasteiger partial charge in [-0.15, -0.1) is 0 Å². The van der Waals surface area contributed by atoms with Crippen LogP contribution in [0.1, 0.15) is 11.1 Å². The van der Waals surface area contributed by atoms with Gasteiger partial charge < -0.3 is 5.11 Å². The molecule has 0 atom stereocenters. The van der Waals surface area contributed by atoms with Crippen molar-refractivity contribution in [1.82, 2.24) is 4.90 Å². The summed E-state index contributed by atoms with van der Waals surface area (Å²) in [4.78, 5) is 26.7. The summed E-state index contributed by atoms with van der Waals surface area (Å²) >= 11 is 9.86. The number of phenolic OH excluding ortho intramolecular Hbond substituents is 1. The van der Waals surface area contributed by atoms with Crippen molar-refractivity contribution < 1.29 is 14.7 Å². The predicted molar refractivity (Wildman–Crippen MR) is 111 cm³/mol. The van der Waals surface area contributed by atoms with E-state index in [9.17, 15) is 14.7 Å². The van der Waals surface area contributed by atoms with E-state index < -0.39 is 0 Å². The van der Waals surface area contributed by atoms with Crippen molar-refractivity contribution in [1.29, 1.82) is 0 Å². The van der Waals surface area contributed by atoms with Crippen LogP contribution in [0, 0.1) is 0 Å². The maximum atomic E-state index is 12.6. The van der Waals surface area contributed by atoms with Gasteiger partial charge in [0.25, 0.3) is 5.91 Å². The molecular formula is C19H14BrNO3S2. The van der Waals surface area contributed by atoms with Gasteiger partial charge in [-0.05, 0) is 41.5 Å². The van der Waals surface area contributed by atoms with Gasteiger partial charge in [-0.25, -0.2) is 0 Å². The topological polar surface area (TPSA) is 57.6 Å². The minimum Gasteiger partial charge on any atom is -0.508 e. The Morgan fingerprint density at radius 2 is 2.00 bits per heavy atom. The van der Waals surface area contributed by atoms with Crippen LogP contribution >= 0.6 is 39.9 Å². The molecule has 1 heterocycles. The van der Waals surface area contributed by atoms with Gasteiger partial charge in [0.1, 0.15) is 10.1 Å². The molecule has 0 saturated carbocycles. The normalized spacial score (nSPS) is 15.7. The highest BCUT2D eigenvalue weighted by Crippen LogP contribution is 2.32. The van der Waals surface area contributed by atoms with E-state index in [1.54, 1.807) is 24.3 Å². The van der Waals surface area contributed by atoms with Crippen molar-refractivity contribution in [3.05, 3.63) is 69.0 Å². The van der Waals surface area contributed by atoms with Gasteiger partial charge >= 0.3 is 0 Å². The van der Waals surface area contributed by atoms with Gasteiger partial charge in [0.05, 0.1) is 11.4 Å². The lowest BCUT2D eigenvalue weighted by atomic mass is 10.1. The van der Waals surface area contributed by atoms with Crippen molar-refractivity contribution in [3.63, 3.8) is 0 Å². The number of hydrogen-bond acceptors (Lipinski definition) is 5. The minimum atomic E-state index is -0.260. The van der Waals surface area contributed by atoms with Crippen molar-refractivity contribution in [2.75, 3.05) is 6.54 Å². The second-order valence-corrected chi connectivity index (χ2v) is 8.30. The van der Waals surface area contributed by atoms with Crippen LogP contribution in [0.15, 0.2) is 57.9 Å². The standard InChI is InChI=1S/C19H14BrNO3S2/c20-14-5-1-3-12(7-14)10-17-18(24)21(19(25)26-17)11-16(23)9-13-4-2-6-15(22)8-13/h1-8,10,22H,9,11H2/b17-10-. The Bertz CT molecular complexity index is 927. The lowest BCUT2D eigenvalue weighted by Crippen LogP contribution is -2.34. The van der Waals surface area contributed by atoms with Crippen molar-refractivity contribution in [2.24, 2.45) is 0 Å². The highest BCUT2D eigenvalue weighted by molar-refractivity contribution is 9.10. The predicted octanol–water partition coefficient (Wildman–Crippen LogP) is 4.17. The Hall–Kier alpha value is -1.96. The largest absolute Gasteiger partial charge is 0.508 e. The minimum absolute atomic E-state index is 0.0733. The number of Topliss-reactive ketones (excluding diaryl/α,β-unsaturated/α-hetero) is 1. The molecule has 0 spiro atoms. The molecule has 132 valence electrons. The number of hydrogen-bond donors (Lipinski definition) is 1. The average Bonchev–Trinajstić information content (AvgIpc) is 2.82. The van der Waals surface area contributed by atoms with E-state index in [2.05, 4.69) is 15.9 Å². The van der Waals surface area contributed by atoms with Crippen LogP contribution in [-0.4, -0.2) is 32.6 Å². The molecule has 2 aromatic carbocycles. The lowest BCUT2D eigenvalue weighted by molar-refractivity contribution is -0.127. The first-order valence-corrected chi connectivity index (χ1v) is 9.75. The molecule has 1 aliphatic heterocycles. The average molecular weight is 448 g/mol. The molecule has 26 heavy (non-hydrogen) atoms.